The fraction of sp³-hybridized carbons (Fsp3) is 0.280. The number of rotatable bonds is 5. The van der Waals surface area contributed by atoms with Crippen LogP contribution in [-0.4, -0.2) is 44.9 Å². The molecule has 1 saturated heterocycles. The van der Waals surface area contributed by atoms with Gasteiger partial charge in [-0.3, -0.25) is 4.79 Å². The highest BCUT2D eigenvalue weighted by atomic mass is 16.6. The lowest BCUT2D eigenvalue weighted by Crippen LogP contribution is -2.41. The maximum absolute atomic E-state index is 12.7. The van der Waals surface area contributed by atoms with Crippen LogP contribution in [0.1, 0.15) is 36.9 Å². The second-order valence-electron chi connectivity index (χ2n) is 8.14. The van der Waals surface area contributed by atoms with Gasteiger partial charge in [-0.25, -0.2) is 9.48 Å². The van der Waals surface area contributed by atoms with Crippen LogP contribution in [0.5, 0.6) is 5.75 Å². The Hall–Kier alpha value is -4.32. The topological polar surface area (TPSA) is 120 Å². The number of piperidine rings is 1. The fourth-order valence-electron chi connectivity index (χ4n) is 4.04. The molecule has 0 aliphatic carbocycles. The number of aromatic nitrogens is 2. The number of hydrogen-bond donors (Lipinski definition) is 2. The Morgan fingerprint density at radius 1 is 1.21 bits per heavy atom. The van der Waals surface area contributed by atoms with Crippen molar-refractivity contribution in [2.24, 2.45) is 0 Å². The van der Waals surface area contributed by atoms with E-state index in [1.165, 1.54) is 19.1 Å². The van der Waals surface area contributed by atoms with Crippen LogP contribution in [0, 0.1) is 11.3 Å². The Labute approximate surface area is 197 Å². The first-order chi connectivity index (χ1) is 16.5. The summed E-state index contributed by atoms with van der Waals surface area (Å²) < 4.78 is 7.11. The number of anilines is 1. The molecule has 0 radical (unpaired) electrons. The summed E-state index contributed by atoms with van der Waals surface area (Å²) in [6.45, 7) is 2.44. The van der Waals surface area contributed by atoms with E-state index >= 15 is 0 Å². The second kappa shape index (κ2) is 10.1. The number of amides is 2. The van der Waals surface area contributed by atoms with Crippen LogP contribution in [0.4, 0.5) is 10.6 Å². The van der Waals surface area contributed by atoms with Crippen LogP contribution in [-0.2, 0) is 16.1 Å². The minimum atomic E-state index is -0.416. The Morgan fingerprint density at radius 3 is 2.62 bits per heavy atom. The van der Waals surface area contributed by atoms with E-state index in [2.05, 4.69) is 16.5 Å². The molecule has 2 heterocycles. The summed E-state index contributed by atoms with van der Waals surface area (Å²) in [5, 5.41) is 26.9. The average Bonchev–Trinajstić information content (AvgIpc) is 3.21. The molecule has 3 aromatic rings. The number of nitriles is 1. The zero-order chi connectivity index (χ0) is 24.1. The molecule has 1 atom stereocenters. The van der Waals surface area contributed by atoms with Gasteiger partial charge in [-0.15, -0.1) is 0 Å². The van der Waals surface area contributed by atoms with Gasteiger partial charge in [-0.05, 0) is 42.7 Å². The Bertz CT molecular complexity index is 1210. The van der Waals surface area contributed by atoms with Crippen LogP contribution in [0.15, 0.2) is 54.6 Å². The molecule has 34 heavy (non-hydrogen) atoms. The summed E-state index contributed by atoms with van der Waals surface area (Å²) in [6, 6.07) is 17.7. The number of phenols is 1. The van der Waals surface area contributed by atoms with Gasteiger partial charge in [0.1, 0.15) is 35.5 Å². The Morgan fingerprint density at radius 2 is 1.94 bits per heavy atom. The van der Waals surface area contributed by atoms with Crippen LogP contribution < -0.4 is 5.32 Å². The summed E-state index contributed by atoms with van der Waals surface area (Å²) >= 11 is 0. The van der Waals surface area contributed by atoms with Crippen LogP contribution in [0.3, 0.4) is 0 Å². The van der Waals surface area contributed by atoms with Gasteiger partial charge in [0, 0.05) is 25.6 Å². The van der Waals surface area contributed by atoms with E-state index in [9.17, 15) is 20.0 Å². The van der Waals surface area contributed by atoms with Crippen molar-refractivity contribution >= 4 is 17.8 Å². The third kappa shape index (κ3) is 5.02. The largest absolute Gasteiger partial charge is 0.508 e. The number of nitrogens with one attached hydrogen (secondary N) is 1. The first kappa shape index (κ1) is 22.9. The molecule has 9 heteroatoms. The Kier molecular flexibility index (Phi) is 6.78. The lowest BCUT2D eigenvalue weighted by molar-refractivity contribution is -0.114. The van der Waals surface area contributed by atoms with Crippen molar-refractivity contribution < 1.29 is 19.4 Å². The van der Waals surface area contributed by atoms with Crippen LogP contribution in [0.2, 0.25) is 0 Å². The minimum absolute atomic E-state index is 0.0979. The number of hydrogen-bond acceptors (Lipinski definition) is 6. The second-order valence-corrected chi connectivity index (χ2v) is 8.14. The smallest absolute Gasteiger partial charge is 0.410 e. The third-order valence-corrected chi connectivity index (χ3v) is 5.66. The molecular weight excluding hydrogens is 434 g/mol. The number of phenolic OH excluding ortho intramolecular Hbond substituents is 1. The SMILES string of the molecule is CC(=O)Nc1c(C#N)c(-c2ccc(O)cc2)nn1[C@H]1CCCN(C(=O)OCc2ccccc2)C1. The van der Waals surface area contributed by atoms with Gasteiger partial charge in [-0.2, -0.15) is 10.4 Å². The molecule has 0 bridgehead atoms. The van der Waals surface area contributed by atoms with Gasteiger partial charge in [0.25, 0.3) is 0 Å². The average molecular weight is 460 g/mol. The first-order valence-electron chi connectivity index (χ1n) is 11.0. The maximum atomic E-state index is 12.7. The first-order valence-corrected chi connectivity index (χ1v) is 11.0. The molecular formula is C25H25N5O4. The van der Waals surface area contributed by atoms with Crippen LogP contribution in [0.25, 0.3) is 11.3 Å². The normalized spacial score (nSPS) is 15.4. The van der Waals surface area contributed by atoms with E-state index in [-0.39, 0.29) is 29.9 Å². The number of ether oxygens (including phenoxy) is 1. The highest BCUT2D eigenvalue weighted by molar-refractivity contribution is 5.91. The molecule has 2 aromatic carbocycles. The molecule has 174 valence electrons. The molecule has 9 nitrogen and oxygen atoms in total. The highest BCUT2D eigenvalue weighted by Gasteiger charge is 2.30. The van der Waals surface area contributed by atoms with Crippen molar-refractivity contribution in [3.05, 3.63) is 65.7 Å². The molecule has 1 aliphatic heterocycles. The van der Waals surface area contributed by atoms with Gasteiger partial charge in [0.15, 0.2) is 0 Å². The molecule has 1 aliphatic rings. The van der Waals surface area contributed by atoms with E-state index in [0.29, 0.717) is 30.2 Å². The number of nitrogens with zero attached hydrogens (tertiary/aromatic N) is 4. The van der Waals surface area contributed by atoms with Crippen molar-refractivity contribution in [3.8, 4) is 23.1 Å². The maximum Gasteiger partial charge on any atom is 0.410 e. The van der Waals surface area contributed by atoms with E-state index in [4.69, 9.17) is 4.74 Å². The number of benzene rings is 2. The number of aromatic hydroxyl groups is 1. The Balaban J connectivity index is 1.59. The summed E-state index contributed by atoms with van der Waals surface area (Å²) in [4.78, 5) is 26.3. The lowest BCUT2D eigenvalue weighted by atomic mass is 10.1. The molecule has 2 amide bonds. The van der Waals surface area contributed by atoms with Crippen molar-refractivity contribution in [2.45, 2.75) is 32.4 Å². The standard InChI is InChI=1S/C25H25N5O4/c1-17(31)27-24-22(14-26)23(19-9-11-21(32)12-10-19)28-30(24)20-8-5-13-29(15-20)25(33)34-16-18-6-3-2-4-7-18/h2-4,6-7,9-12,20,32H,5,8,13,15-16H2,1H3,(H,27,31)/t20-/m0/s1. The van der Waals surface area contributed by atoms with Gasteiger partial charge in [0.2, 0.25) is 5.91 Å². The number of carbonyl (C=O) groups is 2. The van der Waals surface area contributed by atoms with Gasteiger partial charge >= 0.3 is 6.09 Å². The summed E-state index contributed by atoms with van der Waals surface area (Å²) in [5.74, 6) is 0.0631. The molecule has 0 unspecified atom stereocenters. The summed E-state index contributed by atoms with van der Waals surface area (Å²) in [6.07, 6.45) is 1.03. The lowest BCUT2D eigenvalue weighted by Gasteiger charge is -2.32. The van der Waals surface area contributed by atoms with E-state index in [1.54, 1.807) is 21.7 Å². The zero-order valence-corrected chi connectivity index (χ0v) is 18.8. The van der Waals surface area contributed by atoms with Crippen molar-refractivity contribution in [1.29, 1.82) is 5.26 Å². The highest BCUT2D eigenvalue weighted by Crippen LogP contribution is 2.34. The monoisotopic (exact) mass is 459 g/mol. The number of likely N-dealkylation sites (tertiary alicyclic amines) is 1. The van der Waals surface area contributed by atoms with Crippen molar-refractivity contribution in [3.63, 3.8) is 0 Å². The molecule has 2 N–H and O–H groups in total. The minimum Gasteiger partial charge on any atom is -0.508 e. The molecule has 1 fully saturated rings. The van der Waals surface area contributed by atoms with E-state index in [0.717, 1.165) is 18.4 Å². The quantitative estimate of drug-likeness (QED) is 0.594. The van der Waals surface area contributed by atoms with Crippen LogP contribution >= 0.6 is 0 Å². The summed E-state index contributed by atoms with van der Waals surface area (Å²) in [5.41, 5.74) is 2.16. The summed E-state index contributed by atoms with van der Waals surface area (Å²) in [7, 11) is 0. The van der Waals surface area contributed by atoms with Gasteiger partial charge in [-0.1, -0.05) is 30.3 Å². The predicted molar refractivity (Wildman–Crippen MR) is 125 cm³/mol. The van der Waals surface area contributed by atoms with Gasteiger partial charge in [0.05, 0.1) is 6.04 Å². The fourth-order valence-corrected chi connectivity index (χ4v) is 4.04. The van der Waals surface area contributed by atoms with Gasteiger partial charge < -0.3 is 20.1 Å². The zero-order valence-electron chi connectivity index (χ0n) is 18.8. The molecule has 0 spiro atoms. The van der Waals surface area contributed by atoms with E-state index in [1.807, 2.05) is 30.3 Å². The molecule has 4 rings (SSSR count). The number of carbonyl (C=O) groups excluding carboxylic acids is 2. The molecule has 1 aromatic heterocycles. The van der Waals surface area contributed by atoms with Crippen molar-refractivity contribution in [1.82, 2.24) is 14.7 Å². The predicted octanol–water partition coefficient (Wildman–Crippen LogP) is 4.06. The third-order valence-electron chi connectivity index (χ3n) is 5.66. The van der Waals surface area contributed by atoms with Crippen molar-refractivity contribution in [2.75, 3.05) is 18.4 Å². The molecule has 0 saturated carbocycles. The van der Waals surface area contributed by atoms with E-state index < -0.39 is 6.09 Å².